The van der Waals surface area contributed by atoms with Crippen LogP contribution in [0.2, 0.25) is 0 Å². The molecule has 2 saturated heterocycles. The summed E-state index contributed by atoms with van der Waals surface area (Å²) in [5.74, 6) is -22.8. The number of hydrogen-bond acceptors (Lipinski definition) is 26. The number of hydrogen-bond donors (Lipinski definition) is 21. The number of ether oxygens (including phenoxy) is 2. The molecule has 2 fully saturated rings. The zero-order valence-electron chi connectivity index (χ0n) is 68.2. The van der Waals surface area contributed by atoms with Crippen LogP contribution in [0.3, 0.4) is 0 Å². The van der Waals surface area contributed by atoms with E-state index in [0.717, 1.165) is 11.8 Å². The minimum atomic E-state index is -2.13. The number of carbonyl (C=O) groups excluding carboxylic acids is 17. The van der Waals surface area contributed by atoms with E-state index in [1.807, 2.05) is 0 Å². The fourth-order valence-corrected chi connectivity index (χ4v) is 14.1. The summed E-state index contributed by atoms with van der Waals surface area (Å²) in [6.45, 7) is 18.1. The molecule has 4 unspecified atom stereocenters. The molecule has 2 heterocycles. The van der Waals surface area contributed by atoms with E-state index in [-0.39, 0.29) is 261 Å². The standard InChI is InChI=1S/C75H107N17O26S2.4Gd/c1-38(2)27-49(67(108)86-52(31-61(101)102)64(105)76-20-23-117-25-26-118-24-21-77-66(107)55(81-43(8)96)33-78-41(6)94)83-72(113)58-37-120-119-36-57(89-73(114)59-11-10-22-92(59)75(116)54(28-39(3)4)88-70(111)56(82-44(9)97)34-79-42(7)95)71(112)87-53(32-62(103)104)69(110)85-51(30-46-14-18-48(99)19-15-46)68(109)84-50(29-45-12-16-47(98)17-13-45)65(106)80-35-60(100)91-63(40(5)93)74(115)90-58;;;;/h12-19,38-40,49-59,63,93,98-99H,6-11,20-37H2,1-5H3,(H,76,105)(H,77,107)(H,78,94)(H,79,95)(H,80,106)(H,81,96)(H,82,97)(H,83,113)(H,84,109)(H,85,110)(H,86,108)(H,87,112)(H,88,111)(H,89,114)(H,90,115)(H,91,100)(H,101,102)(H,103,104);;;;/q-4;;;;/t40?,49-,50-,51-,52-,53-,54?,55?,56?,57-,58-,59-,63-;;;;/m0..../s1. The molecule has 2 aromatic rings. The van der Waals surface area contributed by atoms with Crippen molar-refractivity contribution in [2.24, 2.45) is 11.8 Å². The SMILES string of the molecule is [CH2-]C(=O)NCC(NC([CH2-])=O)C(=O)NCCOCCOCCNC(=O)[C@H](CC(=O)O)NC(=O)[C@H](CC(C)C)NC(=O)[C@@H]1CSSC[C@H](NC(=O)[C@@H]2CCCN2C(=O)C(CC(C)C)NC(=O)C(CNC([CH2-])=O)NC([CH2-])=O)C(=O)N[C@@H](CC(=O)O)C(=O)N[C@@H](Cc2ccc(O)cc2)C(=O)N[C@@H](Cc2ccc(O)cc2)C(=O)NCC(=O)N[C@@H](C(C)O)C(=O)N1.[Gd].[Gd].[Gd].[Gd]. The predicted molar refractivity (Wildman–Crippen MR) is 428 cm³/mol. The fraction of sp³-hybridized carbons (Fsp3) is 0.533. The Morgan fingerprint density at radius 2 is 0.960 bits per heavy atom. The van der Waals surface area contributed by atoms with Crippen molar-refractivity contribution < 1.29 is 286 Å². The van der Waals surface area contributed by atoms with Gasteiger partial charge in [-0.1, -0.05) is 73.5 Å². The number of nitrogens with zero attached hydrogens (tertiary/aromatic N) is 1. The molecule has 49 heteroatoms. The number of aliphatic hydroxyl groups excluding tert-OH is 1. The predicted octanol–water partition coefficient (Wildman–Crippen LogP) is -7.03. The average Bonchev–Trinajstić information content (AvgIpc) is 1.63. The van der Waals surface area contributed by atoms with Crippen molar-refractivity contribution >= 4 is 134 Å². The van der Waals surface area contributed by atoms with Crippen molar-refractivity contribution in [3.05, 3.63) is 87.4 Å². The fourth-order valence-electron chi connectivity index (χ4n) is 11.8. The Bertz CT molecular complexity index is 3940. The number of aromatic hydroxyl groups is 2. The third-order valence-corrected chi connectivity index (χ3v) is 20.1. The molecule has 4 rings (SSSR count). The van der Waals surface area contributed by atoms with Crippen LogP contribution in [-0.2, 0) is 113 Å². The normalized spacial score (nSPS) is 19.3. The van der Waals surface area contributed by atoms with Gasteiger partial charge in [0.05, 0.1) is 75.5 Å². The van der Waals surface area contributed by atoms with Crippen LogP contribution in [0.4, 0.5) is 0 Å². The van der Waals surface area contributed by atoms with E-state index in [1.54, 1.807) is 27.7 Å². The molecule has 0 aliphatic carbocycles. The molecule has 2 aromatic carbocycles. The summed E-state index contributed by atoms with van der Waals surface area (Å²) in [6, 6.07) is -9.68. The Morgan fingerprint density at radius 1 is 0.500 bits per heavy atom. The molecule has 124 heavy (non-hydrogen) atoms. The Morgan fingerprint density at radius 3 is 1.44 bits per heavy atom. The number of phenolic OH excluding ortho intramolecular Hbond substituents is 2. The number of carboxylic acids is 2. The van der Waals surface area contributed by atoms with Crippen molar-refractivity contribution in [2.75, 3.05) is 77.2 Å². The molecular formula is C75H107Gd4N17O26S2-4. The van der Waals surface area contributed by atoms with Gasteiger partial charge < -0.3 is 172 Å². The largest absolute Gasteiger partial charge is 0.508 e. The number of amides is 17. The van der Waals surface area contributed by atoms with Gasteiger partial charge in [-0.3, -0.25) is 71.9 Å². The minimum Gasteiger partial charge on any atom is -0.508 e. The topological polar surface area (TPSA) is 640 Å². The quantitative estimate of drug-likeness (QED) is 0.0168. The molecule has 13 atom stereocenters. The van der Waals surface area contributed by atoms with Gasteiger partial charge in [-0.25, -0.2) is 0 Å². The van der Waals surface area contributed by atoms with Crippen LogP contribution in [0.15, 0.2) is 48.5 Å². The summed E-state index contributed by atoms with van der Waals surface area (Å²) in [5, 5.41) is 90.0. The molecule has 17 amide bonds. The van der Waals surface area contributed by atoms with Gasteiger partial charge in [0.2, 0.25) is 76.8 Å². The van der Waals surface area contributed by atoms with Crippen LogP contribution < -0.4 is 85.1 Å². The van der Waals surface area contributed by atoms with Crippen LogP contribution in [0.25, 0.3) is 0 Å². The van der Waals surface area contributed by atoms with Crippen molar-refractivity contribution in [3.63, 3.8) is 0 Å². The minimum absolute atomic E-state index is 0. The molecular weight excluding hydrogens is 2250 g/mol. The van der Waals surface area contributed by atoms with E-state index >= 15 is 4.79 Å². The molecule has 21 N–H and O–H groups in total. The molecule has 0 spiro atoms. The monoisotopic (exact) mass is 2360 g/mol. The van der Waals surface area contributed by atoms with Crippen molar-refractivity contribution in [1.29, 1.82) is 0 Å². The molecule has 2 aliphatic heterocycles. The second-order valence-corrected chi connectivity index (χ2v) is 31.2. The van der Waals surface area contributed by atoms with E-state index < -0.39 is 247 Å². The maximum absolute atomic E-state index is 15.0. The van der Waals surface area contributed by atoms with Crippen molar-refractivity contribution in [3.8, 4) is 11.5 Å². The van der Waals surface area contributed by atoms with Gasteiger partial charge in [-0.05, 0) is 79.8 Å². The summed E-state index contributed by atoms with van der Waals surface area (Å²) < 4.78 is 10.9. The Balaban J connectivity index is 0.0000378. The maximum Gasteiger partial charge on any atom is 0.305 e. The number of benzene rings is 2. The smallest absolute Gasteiger partial charge is 0.305 e. The molecule has 0 radical (unpaired) electrons. The first-order valence-corrected chi connectivity index (χ1v) is 40.5. The second kappa shape index (κ2) is 61.7. The van der Waals surface area contributed by atoms with Gasteiger partial charge in [0.25, 0.3) is 0 Å². The molecule has 2 aliphatic rings. The first-order chi connectivity index (χ1) is 56.6. The van der Waals surface area contributed by atoms with Gasteiger partial charge in [-0.15, -0.1) is 0 Å². The summed E-state index contributed by atoms with van der Waals surface area (Å²) in [7, 11) is 1.39. The number of aliphatic carboxylic acids is 2. The first kappa shape index (κ1) is 117. The summed E-state index contributed by atoms with van der Waals surface area (Å²) in [5.41, 5.74) is 0.567. The summed E-state index contributed by atoms with van der Waals surface area (Å²) in [6.07, 6.45) is -5.03. The zero-order valence-corrected chi connectivity index (χ0v) is 78.9. The van der Waals surface area contributed by atoms with Crippen LogP contribution in [-0.4, -0.2) is 299 Å². The Labute approximate surface area is 852 Å². The van der Waals surface area contributed by atoms with Crippen molar-refractivity contribution in [1.82, 2.24) is 90.0 Å². The Kier molecular flexibility index (Phi) is 58.4. The van der Waals surface area contributed by atoms with E-state index in [2.05, 4.69) is 113 Å². The number of phenols is 2. The first-order valence-electron chi connectivity index (χ1n) is 38.0. The van der Waals surface area contributed by atoms with Crippen LogP contribution >= 0.6 is 21.6 Å². The summed E-state index contributed by atoms with van der Waals surface area (Å²) in [4.78, 5) is 259. The average molecular weight is 2360 g/mol. The van der Waals surface area contributed by atoms with Gasteiger partial charge in [-0.2, -0.15) is 0 Å². The summed E-state index contributed by atoms with van der Waals surface area (Å²) >= 11 is 0. The molecule has 0 aromatic heterocycles. The number of carboxylic acid groups (broad SMARTS) is 2. The van der Waals surface area contributed by atoms with Gasteiger partial charge in [0, 0.05) is 217 Å². The van der Waals surface area contributed by atoms with Crippen LogP contribution in [0.1, 0.15) is 84.3 Å². The third-order valence-electron chi connectivity index (χ3n) is 17.6. The van der Waals surface area contributed by atoms with E-state index in [0.29, 0.717) is 27.2 Å². The van der Waals surface area contributed by atoms with Crippen LogP contribution in [0, 0.1) is 199 Å². The van der Waals surface area contributed by atoms with Crippen LogP contribution in [0.5, 0.6) is 11.5 Å². The molecule has 43 nitrogen and oxygen atoms in total. The van der Waals surface area contributed by atoms with E-state index in [1.165, 1.54) is 48.5 Å². The molecule has 0 saturated carbocycles. The molecule has 0 bridgehead atoms. The van der Waals surface area contributed by atoms with Gasteiger partial charge >= 0.3 is 11.9 Å². The number of likely N-dealkylation sites (tertiary alicyclic amines) is 1. The van der Waals surface area contributed by atoms with E-state index in [9.17, 15) is 112 Å². The number of carbonyl (C=O) groups is 19. The zero-order chi connectivity index (χ0) is 89.5. The van der Waals surface area contributed by atoms with Gasteiger partial charge in [0.1, 0.15) is 84.0 Å². The second-order valence-electron chi connectivity index (χ2n) is 28.6. The number of rotatable bonds is 39. The van der Waals surface area contributed by atoms with Crippen molar-refractivity contribution in [2.45, 2.75) is 165 Å². The maximum atomic E-state index is 15.0. The molecule has 696 valence electrons. The Hall–Kier alpha value is -6.67. The van der Waals surface area contributed by atoms with Gasteiger partial charge in [0.15, 0.2) is 0 Å². The number of nitrogens with one attached hydrogen (secondary N) is 16. The number of aliphatic hydroxyl groups is 1. The van der Waals surface area contributed by atoms with E-state index in [4.69, 9.17) is 9.47 Å². The third kappa shape index (κ3) is 45.3.